The Hall–Kier alpha value is -0.634. The van der Waals surface area contributed by atoms with Crippen LogP contribution in [-0.2, 0) is 26.4 Å². The van der Waals surface area contributed by atoms with Crippen LogP contribution in [0.2, 0.25) is 0 Å². The first-order chi connectivity index (χ1) is 4.54. The molecule has 0 aromatic carbocycles. The van der Waals surface area contributed by atoms with Crippen LogP contribution in [0.4, 0.5) is 0 Å². The molecule has 1 radical (unpaired) electrons. The van der Waals surface area contributed by atoms with Crippen LogP contribution >= 0.6 is 0 Å². The molecule has 0 amide bonds. The fourth-order valence-electron chi connectivity index (χ4n) is 0. The Morgan fingerprint density at radius 2 is 1.00 bits per heavy atom. The van der Waals surface area contributed by atoms with E-state index in [1.807, 2.05) is 0 Å². The predicted octanol–water partition coefficient (Wildman–Crippen LogP) is -0.690. The maximum atomic E-state index is 9.37. The molecule has 0 rings (SSSR count). The van der Waals surface area contributed by atoms with Crippen LogP contribution in [-0.4, -0.2) is 33.1 Å². The zero-order valence-corrected chi connectivity index (χ0v) is 8.50. The molecule has 0 atom stereocenters. The van der Waals surface area contributed by atoms with Gasteiger partial charge in [0, 0.05) is 29.6 Å². The van der Waals surface area contributed by atoms with Gasteiger partial charge in [0.25, 0.3) is 0 Å². The Balaban J connectivity index is -0.0000000267. The summed E-state index contributed by atoms with van der Waals surface area (Å²) < 4.78 is 0. The Labute approximate surface area is 86.8 Å². The van der Waals surface area contributed by atoms with Crippen molar-refractivity contribution in [2.24, 2.45) is 0 Å². The minimum Gasteiger partial charge on any atom is -0.481 e. The Kier molecular flexibility index (Phi) is 51.0. The van der Waals surface area contributed by atoms with Gasteiger partial charge in [0.15, 0.2) is 0 Å². The van der Waals surface area contributed by atoms with E-state index in [9.17, 15) is 9.59 Å². The monoisotopic (exact) mass is 243 g/mol. The summed E-state index contributed by atoms with van der Waals surface area (Å²) in [6.45, 7) is 3.20. The van der Waals surface area contributed by atoms with Crippen LogP contribution in [0.3, 0.4) is 0 Å². The van der Waals surface area contributed by atoms with Gasteiger partial charge >= 0.3 is 11.9 Å². The molecule has 0 saturated carbocycles. The molecule has 13 heavy (non-hydrogen) atoms. The van der Waals surface area contributed by atoms with Gasteiger partial charge < -0.3 is 21.2 Å². The third-order valence-corrected chi connectivity index (χ3v) is 0.605. The first-order valence-corrected chi connectivity index (χ1v) is 2.98. The van der Waals surface area contributed by atoms with Crippen molar-refractivity contribution in [3.63, 3.8) is 0 Å². The first kappa shape index (κ1) is 29.4. The van der Waals surface area contributed by atoms with Crippen molar-refractivity contribution in [2.75, 3.05) is 0 Å². The molecule has 0 aliphatic rings. The van der Waals surface area contributed by atoms with E-state index < -0.39 is 11.9 Å². The van der Waals surface area contributed by atoms with Crippen LogP contribution in [0.15, 0.2) is 0 Å². The van der Waals surface area contributed by atoms with Crippen molar-refractivity contribution in [3.05, 3.63) is 0 Å². The van der Waals surface area contributed by atoms with Crippen LogP contribution in [0.5, 0.6) is 0 Å². The average molecular weight is 243 g/mol. The molecule has 0 spiro atoms. The topological polar surface area (TPSA) is 138 Å². The quantitative estimate of drug-likeness (QED) is 0.662. The van der Waals surface area contributed by atoms with Gasteiger partial charge in [-0.15, -0.1) is 0 Å². The van der Waals surface area contributed by atoms with E-state index in [2.05, 4.69) is 0 Å². The molecule has 0 aromatic heterocycles. The van der Waals surface area contributed by atoms with Gasteiger partial charge in [-0.1, -0.05) is 13.8 Å². The molecule has 0 aromatic rings. The average Bonchev–Trinajstić information content (AvgIpc) is 1.89. The van der Waals surface area contributed by atoms with Gasteiger partial charge in [-0.25, -0.2) is 0 Å². The molecule has 0 aliphatic heterocycles. The number of carboxylic acids is 2. The number of carbonyl (C=O) groups is 2. The van der Waals surface area contributed by atoms with Crippen LogP contribution in [0.25, 0.3) is 0 Å². The minimum atomic E-state index is -0.745. The molecule has 0 unspecified atom stereocenters. The molecule has 0 aliphatic carbocycles. The largest absolute Gasteiger partial charge is 0.481 e. The predicted molar refractivity (Wildman–Crippen MR) is 43.1 cm³/mol. The van der Waals surface area contributed by atoms with Crippen molar-refractivity contribution in [3.8, 4) is 0 Å². The smallest absolute Gasteiger partial charge is 0.303 e. The first-order valence-electron chi connectivity index (χ1n) is 2.98. The number of hydrogen-bond acceptors (Lipinski definition) is 2. The SMILES string of the molecule is CCC(=O)O.CCC(=O)O.O.O.[Co]. The molecular formula is C6H16CoO6. The van der Waals surface area contributed by atoms with E-state index >= 15 is 0 Å². The Bertz CT molecular complexity index is 102. The van der Waals surface area contributed by atoms with Gasteiger partial charge in [0.2, 0.25) is 0 Å². The molecule has 85 valence electrons. The standard InChI is InChI=1S/2C3H6O2.Co.2H2O/c2*1-2-3(4)5;;;/h2*2H2,1H3,(H,4,5);;2*1H2. The third kappa shape index (κ3) is 88.0. The Morgan fingerprint density at radius 1 is 0.923 bits per heavy atom. The van der Waals surface area contributed by atoms with Crippen LogP contribution in [0.1, 0.15) is 26.7 Å². The molecule has 6 N–H and O–H groups in total. The van der Waals surface area contributed by atoms with Crippen LogP contribution < -0.4 is 0 Å². The minimum absolute atomic E-state index is 0. The fourth-order valence-corrected chi connectivity index (χ4v) is 0. The number of hydrogen-bond donors (Lipinski definition) is 2. The van der Waals surface area contributed by atoms with Crippen molar-refractivity contribution in [1.29, 1.82) is 0 Å². The van der Waals surface area contributed by atoms with Gasteiger partial charge in [-0.3, -0.25) is 9.59 Å². The summed E-state index contributed by atoms with van der Waals surface area (Å²) >= 11 is 0. The zero-order valence-electron chi connectivity index (χ0n) is 7.46. The van der Waals surface area contributed by atoms with E-state index in [4.69, 9.17) is 10.2 Å². The summed E-state index contributed by atoms with van der Waals surface area (Å²) in [4.78, 5) is 18.7. The van der Waals surface area contributed by atoms with Crippen molar-refractivity contribution < 1.29 is 47.5 Å². The van der Waals surface area contributed by atoms with E-state index in [0.29, 0.717) is 0 Å². The molecule has 0 heterocycles. The summed E-state index contributed by atoms with van der Waals surface area (Å²) in [5.74, 6) is -1.49. The van der Waals surface area contributed by atoms with E-state index in [-0.39, 0.29) is 40.6 Å². The summed E-state index contributed by atoms with van der Waals surface area (Å²) in [7, 11) is 0. The van der Waals surface area contributed by atoms with Gasteiger partial charge in [0.1, 0.15) is 0 Å². The van der Waals surface area contributed by atoms with Gasteiger partial charge in [-0.2, -0.15) is 0 Å². The molecule has 0 saturated heterocycles. The molecule has 6 nitrogen and oxygen atoms in total. The summed E-state index contributed by atoms with van der Waals surface area (Å²) in [5, 5.41) is 15.4. The zero-order chi connectivity index (χ0) is 8.57. The molecular weight excluding hydrogens is 227 g/mol. The molecule has 7 heteroatoms. The van der Waals surface area contributed by atoms with E-state index in [0.717, 1.165) is 0 Å². The third-order valence-electron chi connectivity index (χ3n) is 0.605. The summed E-state index contributed by atoms with van der Waals surface area (Å²) in [6, 6.07) is 0. The van der Waals surface area contributed by atoms with Crippen molar-refractivity contribution in [1.82, 2.24) is 0 Å². The number of rotatable bonds is 2. The summed E-state index contributed by atoms with van der Waals surface area (Å²) in [5.41, 5.74) is 0. The van der Waals surface area contributed by atoms with Crippen molar-refractivity contribution >= 4 is 11.9 Å². The van der Waals surface area contributed by atoms with Gasteiger partial charge in [-0.05, 0) is 0 Å². The molecule has 0 fully saturated rings. The van der Waals surface area contributed by atoms with Gasteiger partial charge in [0.05, 0.1) is 0 Å². The second kappa shape index (κ2) is 22.5. The van der Waals surface area contributed by atoms with E-state index in [1.165, 1.54) is 0 Å². The second-order valence-corrected chi connectivity index (χ2v) is 1.49. The normalized spacial score (nSPS) is 5.69. The number of aliphatic carboxylic acids is 2. The number of carboxylic acid groups (broad SMARTS) is 2. The maximum Gasteiger partial charge on any atom is 0.303 e. The fraction of sp³-hybridized carbons (Fsp3) is 0.667. The van der Waals surface area contributed by atoms with Crippen LogP contribution in [0, 0.1) is 0 Å². The molecule has 0 bridgehead atoms. The second-order valence-electron chi connectivity index (χ2n) is 1.49. The Morgan fingerprint density at radius 3 is 1.00 bits per heavy atom. The van der Waals surface area contributed by atoms with E-state index in [1.54, 1.807) is 13.8 Å². The maximum absolute atomic E-state index is 9.37. The summed E-state index contributed by atoms with van der Waals surface area (Å²) in [6.07, 6.45) is 0.444. The van der Waals surface area contributed by atoms with Crippen molar-refractivity contribution in [2.45, 2.75) is 26.7 Å².